The highest BCUT2D eigenvalue weighted by Crippen LogP contribution is 2.76. The normalized spacial score (nSPS) is 32.2. The lowest BCUT2D eigenvalue weighted by atomic mass is 9.34. The number of aliphatic hydroxyl groups excluding tert-OH is 3. The van der Waals surface area contributed by atoms with Crippen LogP contribution in [0.15, 0.2) is 60.7 Å². The Balaban J connectivity index is 0.959. The number of carboxylic acid groups (broad SMARTS) is 1. The molecule has 4 fully saturated rings. The summed E-state index contributed by atoms with van der Waals surface area (Å²) >= 11 is 12.9. The second-order valence-corrected chi connectivity index (χ2v) is 16.3. The molecule has 4 aromatic carbocycles. The number of carbonyl (C=O) groups is 3. The van der Waals surface area contributed by atoms with Crippen molar-refractivity contribution in [3.63, 3.8) is 0 Å². The molecule has 14 heteroatoms. The first-order valence-electron chi connectivity index (χ1n) is 18.0. The van der Waals surface area contributed by atoms with Crippen LogP contribution in [-0.2, 0) is 19.1 Å². The Morgan fingerprint density at radius 2 is 1.33 bits per heavy atom. The maximum atomic E-state index is 14.2. The van der Waals surface area contributed by atoms with Gasteiger partial charge >= 0.3 is 5.97 Å². The van der Waals surface area contributed by atoms with E-state index in [1.807, 2.05) is 36.4 Å². The fourth-order valence-corrected chi connectivity index (χ4v) is 10.5. The fraction of sp³-hybridized carbons (Fsp3) is 0.425. The number of aliphatic hydroxyl groups is 3. The van der Waals surface area contributed by atoms with Crippen LogP contribution in [0.2, 0.25) is 0 Å². The maximum Gasteiger partial charge on any atom is 0.335 e. The predicted octanol–water partition coefficient (Wildman–Crippen LogP) is 4.57. The number of nitrogens with zero attached hydrogens (tertiary/aromatic N) is 2. The van der Waals surface area contributed by atoms with Gasteiger partial charge in [-0.05, 0) is 46.6 Å². The number of benzene rings is 4. The van der Waals surface area contributed by atoms with Gasteiger partial charge < -0.3 is 44.8 Å². The van der Waals surface area contributed by atoms with Crippen molar-refractivity contribution in [2.24, 2.45) is 10.8 Å². The zero-order valence-corrected chi connectivity index (χ0v) is 30.4. The molecule has 7 atom stereocenters. The largest absolute Gasteiger partial charge is 0.507 e. The first-order chi connectivity index (χ1) is 25.9. The van der Waals surface area contributed by atoms with E-state index in [2.05, 4.69) is 0 Å². The van der Waals surface area contributed by atoms with Crippen LogP contribution in [0, 0.1) is 10.8 Å². The van der Waals surface area contributed by atoms with E-state index in [0.717, 1.165) is 27.3 Å². The van der Waals surface area contributed by atoms with Crippen LogP contribution in [0.1, 0.15) is 48.6 Å². The molecule has 282 valence electrons. The minimum Gasteiger partial charge on any atom is -0.507 e. The third-order valence-electron chi connectivity index (χ3n) is 12.4. The number of aliphatic carboxylic acids is 1. The van der Waals surface area contributed by atoms with Crippen LogP contribution in [0.25, 0.3) is 21.5 Å². The third kappa shape index (κ3) is 5.14. The number of phenolic OH excluding ortho intramolecular Hbond substituents is 1. The zero-order valence-electron chi connectivity index (χ0n) is 28.9. The summed E-state index contributed by atoms with van der Waals surface area (Å²) in [5.74, 6) is -1.06. The van der Waals surface area contributed by atoms with Crippen LogP contribution >= 0.6 is 23.2 Å². The molecule has 1 saturated heterocycles. The van der Waals surface area contributed by atoms with E-state index < -0.39 is 42.1 Å². The average molecular weight is 778 g/mol. The van der Waals surface area contributed by atoms with Gasteiger partial charge in [0.05, 0.1) is 16.8 Å². The number of anilines is 2. The van der Waals surface area contributed by atoms with E-state index in [1.54, 1.807) is 34.1 Å². The van der Waals surface area contributed by atoms with Crippen molar-refractivity contribution in [1.82, 2.24) is 0 Å². The van der Waals surface area contributed by atoms with Crippen molar-refractivity contribution in [3.05, 3.63) is 71.8 Å². The Morgan fingerprint density at radius 1 is 0.778 bits per heavy atom. The highest BCUT2D eigenvalue weighted by molar-refractivity contribution is 6.19. The van der Waals surface area contributed by atoms with Crippen LogP contribution in [-0.4, -0.2) is 98.9 Å². The number of carboxylic acids is 1. The predicted molar refractivity (Wildman–Crippen MR) is 199 cm³/mol. The van der Waals surface area contributed by atoms with Gasteiger partial charge in [0.15, 0.2) is 6.10 Å². The van der Waals surface area contributed by atoms with E-state index in [-0.39, 0.29) is 52.9 Å². The van der Waals surface area contributed by atoms with E-state index in [0.29, 0.717) is 55.0 Å². The second kappa shape index (κ2) is 12.7. The lowest BCUT2D eigenvalue weighted by Gasteiger charge is -2.70. The number of hydrogen-bond acceptors (Lipinski definition) is 9. The Hall–Kier alpha value is -4.17. The number of carbonyl (C=O) groups excluding carboxylic acids is 2. The Labute approximate surface area is 319 Å². The summed E-state index contributed by atoms with van der Waals surface area (Å²) in [6.07, 6.45) is -7.03. The molecule has 12 nitrogen and oxygen atoms in total. The lowest BCUT2D eigenvalue weighted by molar-refractivity contribution is -0.270. The highest BCUT2D eigenvalue weighted by Gasteiger charge is 2.72. The van der Waals surface area contributed by atoms with Gasteiger partial charge in [-0.25, -0.2) is 4.79 Å². The first-order valence-corrected chi connectivity index (χ1v) is 19.1. The summed E-state index contributed by atoms with van der Waals surface area (Å²) in [5.41, 5.74) is 2.17. The number of aromatic hydroxyl groups is 1. The Kier molecular flexibility index (Phi) is 8.35. The molecule has 3 aliphatic carbocycles. The van der Waals surface area contributed by atoms with Gasteiger partial charge in [0.25, 0.3) is 0 Å². The molecule has 3 heterocycles. The SMILES string of the molecule is O=C(O)C1OC(Oc2cc3c(c4ccccc24)C(CCl)CN3C(=O)CC23CC(C(=O)N4CC(CCl)c5c4cc(O)c4ccccc54)(C2)C3)C(O)C(O)C1O. The number of phenols is 1. The number of fused-ring (bicyclic) bond motifs is 6. The number of halogens is 2. The van der Waals surface area contributed by atoms with Gasteiger partial charge in [-0.15, -0.1) is 23.2 Å². The molecule has 54 heavy (non-hydrogen) atoms. The average Bonchev–Trinajstić information content (AvgIpc) is 3.71. The standard InChI is InChI=1S/C40H38Cl2N2O10/c41-12-19-14-43(26-10-28(22-6-2-4-8-24(22)31(19)26)53-37-34(49)32(47)33(48)35(54-37)36(50)51)29(46)11-39-16-40(17-39,18-39)38(52)44-15-20(13-42)30-23-7-3-1-5-21(23)27(45)9-25(30)44/h1-10,19-20,32-35,37,45,47-49H,11-18H2,(H,50,51). The van der Waals surface area contributed by atoms with Crippen molar-refractivity contribution in [2.75, 3.05) is 34.6 Å². The van der Waals surface area contributed by atoms with Gasteiger partial charge in [0, 0.05) is 66.0 Å². The molecular formula is C40H38Cl2N2O10. The summed E-state index contributed by atoms with van der Waals surface area (Å²) in [4.78, 5) is 43.7. The van der Waals surface area contributed by atoms with E-state index >= 15 is 0 Å². The van der Waals surface area contributed by atoms with Crippen molar-refractivity contribution in [3.8, 4) is 11.5 Å². The van der Waals surface area contributed by atoms with Gasteiger partial charge in [-0.1, -0.05) is 48.5 Å². The summed E-state index contributed by atoms with van der Waals surface area (Å²) < 4.78 is 11.5. The first kappa shape index (κ1) is 35.5. The van der Waals surface area contributed by atoms with Crippen LogP contribution < -0.4 is 14.5 Å². The molecule has 0 radical (unpaired) electrons. The van der Waals surface area contributed by atoms with Gasteiger partial charge in [-0.2, -0.15) is 0 Å². The van der Waals surface area contributed by atoms with Crippen molar-refractivity contribution >= 4 is 73.9 Å². The molecule has 10 rings (SSSR count). The van der Waals surface area contributed by atoms with Crippen molar-refractivity contribution in [2.45, 2.75) is 68.2 Å². The molecule has 5 N–H and O–H groups in total. The number of rotatable bonds is 8. The lowest BCUT2D eigenvalue weighted by Crippen LogP contribution is -2.69. The molecule has 2 bridgehead atoms. The Morgan fingerprint density at radius 3 is 1.94 bits per heavy atom. The minimum absolute atomic E-state index is 0.00255. The van der Waals surface area contributed by atoms with Gasteiger partial charge in [0.1, 0.15) is 29.8 Å². The number of alkyl halides is 2. The van der Waals surface area contributed by atoms with Crippen LogP contribution in [0.5, 0.6) is 11.5 Å². The number of ether oxygens (including phenoxy) is 2. The summed E-state index contributed by atoms with van der Waals surface area (Å²) in [7, 11) is 0. The fourth-order valence-electron chi connectivity index (χ4n) is 10.0. The number of amides is 2. The van der Waals surface area contributed by atoms with Crippen LogP contribution in [0.4, 0.5) is 11.4 Å². The minimum atomic E-state index is -1.87. The molecule has 3 aliphatic heterocycles. The Bertz CT molecular complexity index is 2230. The molecule has 6 aliphatic rings. The van der Waals surface area contributed by atoms with Gasteiger partial charge in [0.2, 0.25) is 18.1 Å². The summed E-state index contributed by atoms with van der Waals surface area (Å²) in [6, 6.07) is 18.2. The number of hydrogen-bond donors (Lipinski definition) is 5. The zero-order chi connectivity index (χ0) is 37.8. The smallest absolute Gasteiger partial charge is 0.335 e. The molecule has 3 saturated carbocycles. The quantitative estimate of drug-likeness (QED) is 0.159. The van der Waals surface area contributed by atoms with E-state index in [4.69, 9.17) is 32.7 Å². The summed E-state index contributed by atoms with van der Waals surface area (Å²) in [6.45, 7) is 0.753. The van der Waals surface area contributed by atoms with Crippen molar-refractivity contribution in [1.29, 1.82) is 0 Å². The molecule has 4 aromatic rings. The molecule has 7 unspecified atom stereocenters. The monoisotopic (exact) mass is 776 g/mol. The highest BCUT2D eigenvalue weighted by atomic mass is 35.5. The van der Waals surface area contributed by atoms with E-state index in [9.17, 15) is 39.9 Å². The van der Waals surface area contributed by atoms with E-state index in [1.165, 1.54) is 0 Å². The topological polar surface area (TPSA) is 177 Å². The molecule has 0 aromatic heterocycles. The van der Waals surface area contributed by atoms with Crippen molar-refractivity contribution < 1.29 is 49.4 Å². The van der Waals surface area contributed by atoms with Gasteiger partial charge in [-0.3, -0.25) is 9.59 Å². The third-order valence-corrected chi connectivity index (χ3v) is 13.1. The maximum absolute atomic E-state index is 14.2. The molecule has 2 amide bonds. The second-order valence-electron chi connectivity index (χ2n) is 15.7. The molecular weight excluding hydrogens is 739 g/mol. The molecule has 0 spiro atoms. The summed E-state index contributed by atoms with van der Waals surface area (Å²) in [5, 5.41) is 54.7. The van der Waals surface area contributed by atoms with Crippen LogP contribution in [0.3, 0.4) is 0 Å².